The predicted octanol–water partition coefficient (Wildman–Crippen LogP) is 5.86. The Morgan fingerprint density at radius 2 is 2.15 bits per heavy atom. The molecule has 142 valence electrons. The fourth-order valence-corrected chi connectivity index (χ4v) is 5.04. The summed E-state index contributed by atoms with van der Waals surface area (Å²) in [5.41, 5.74) is 3.43. The van der Waals surface area contributed by atoms with Crippen molar-refractivity contribution >= 4 is 62.9 Å². The molecule has 5 nitrogen and oxygen atoms in total. The molecule has 1 N–H and O–H groups in total. The number of benzene rings is 1. The van der Waals surface area contributed by atoms with Crippen LogP contribution in [0.1, 0.15) is 18.4 Å². The van der Waals surface area contributed by atoms with Gasteiger partial charge < -0.3 is 9.88 Å². The van der Waals surface area contributed by atoms with E-state index in [0.29, 0.717) is 16.2 Å². The van der Waals surface area contributed by atoms with E-state index < -0.39 is 7.14 Å². The molecule has 1 heterocycles. The Kier molecular flexibility index (Phi) is 5.90. The van der Waals surface area contributed by atoms with E-state index in [1.807, 2.05) is 25.1 Å². The largest absolute Gasteiger partial charge is 0.339 e. The van der Waals surface area contributed by atoms with Crippen LogP contribution in [-0.4, -0.2) is 29.0 Å². The van der Waals surface area contributed by atoms with Gasteiger partial charge in [0, 0.05) is 23.1 Å². The highest BCUT2D eigenvalue weighted by molar-refractivity contribution is 9.10. The van der Waals surface area contributed by atoms with E-state index in [9.17, 15) is 4.57 Å². The lowest BCUT2D eigenvalue weighted by Gasteiger charge is -2.19. The normalized spacial score (nSPS) is 14.9. The number of aromatic nitrogens is 2. The van der Waals surface area contributed by atoms with Gasteiger partial charge in [-0.25, -0.2) is 4.98 Å². The zero-order valence-electron chi connectivity index (χ0n) is 15.5. The molecule has 0 amide bonds. The summed E-state index contributed by atoms with van der Waals surface area (Å²) in [6.45, 7) is 9.34. The third-order valence-corrected chi connectivity index (χ3v) is 6.78. The van der Waals surface area contributed by atoms with Crippen LogP contribution in [0.3, 0.4) is 0 Å². The van der Waals surface area contributed by atoms with E-state index in [4.69, 9.17) is 16.6 Å². The van der Waals surface area contributed by atoms with Crippen molar-refractivity contribution in [3.8, 4) is 0 Å². The maximum atomic E-state index is 13.1. The number of aliphatic imine (C=N–C) groups is 1. The first-order valence-electron chi connectivity index (χ1n) is 8.56. The van der Waals surface area contributed by atoms with Gasteiger partial charge >= 0.3 is 0 Å². The highest BCUT2D eigenvalue weighted by atomic mass is 79.9. The summed E-state index contributed by atoms with van der Waals surface area (Å²) in [7, 11) is -2.59. The van der Waals surface area contributed by atoms with Crippen molar-refractivity contribution in [1.82, 2.24) is 9.97 Å². The highest BCUT2D eigenvalue weighted by Gasteiger charge is 2.27. The molecule has 0 aliphatic heterocycles. The average Bonchev–Trinajstić information content (AvgIpc) is 3.41. The van der Waals surface area contributed by atoms with Gasteiger partial charge in [0.2, 0.25) is 5.28 Å². The zero-order chi connectivity index (χ0) is 19.8. The van der Waals surface area contributed by atoms with Crippen LogP contribution in [0.2, 0.25) is 5.28 Å². The smallest absolute Gasteiger partial charge is 0.224 e. The van der Waals surface area contributed by atoms with Crippen molar-refractivity contribution < 1.29 is 4.57 Å². The van der Waals surface area contributed by atoms with E-state index in [-0.39, 0.29) is 5.28 Å². The quantitative estimate of drug-likeness (QED) is 0.328. The molecule has 1 saturated carbocycles. The Bertz CT molecular complexity index is 982. The molecule has 0 bridgehead atoms. The summed E-state index contributed by atoms with van der Waals surface area (Å²) in [4.78, 5) is 12.9. The van der Waals surface area contributed by atoms with Gasteiger partial charge in [-0.05, 0) is 84.4 Å². The molecule has 1 aliphatic rings. The van der Waals surface area contributed by atoms with Crippen LogP contribution in [0.5, 0.6) is 0 Å². The lowest BCUT2D eigenvalue weighted by atomic mass is 10.1. The lowest BCUT2D eigenvalue weighted by molar-refractivity contribution is 0.588. The summed E-state index contributed by atoms with van der Waals surface area (Å²) in [6, 6.07) is 3.82. The van der Waals surface area contributed by atoms with E-state index in [1.165, 1.54) is 0 Å². The van der Waals surface area contributed by atoms with Gasteiger partial charge in [0.15, 0.2) is 0 Å². The maximum Gasteiger partial charge on any atom is 0.224 e. The Labute approximate surface area is 172 Å². The summed E-state index contributed by atoms with van der Waals surface area (Å²) in [5.74, 6) is 1.02. The molecule has 1 aliphatic carbocycles. The van der Waals surface area contributed by atoms with Crippen molar-refractivity contribution in [1.29, 1.82) is 0 Å². The zero-order valence-corrected chi connectivity index (χ0v) is 18.7. The van der Waals surface area contributed by atoms with Crippen LogP contribution in [0.4, 0.5) is 17.2 Å². The van der Waals surface area contributed by atoms with E-state index >= 15 is 0 Å². The fourth-order valence-electron chi connectivity index (χ4n) is 2.99. The standard InChI is InChI=1S/C19H21BrClN4OP/c1-5-14(12-6-7-12)23-15-8-9-16(17(11(15)2)27(3,4)26)24-18-13(20)10-22-19(21)25-18/h5,8-10,12H,1,6-7H2,2-4H3,(H,22,24,25)/b23-14+. The number of halogens is 2. The number of anilines is 2. The minimum absolute atomic E-state index is 0.136. The SMILES string of the molecule is C=C/C(=N\c1ccc(Nc2nc(Cl)ncc2Br)c(P(C)(C)=O)c1C)C1CC1. The first-order valence-corrected chi connectivity index (χ1v) is 12.3. The third-order valence-electron chi connectivity index (χ3n) is 4.36. The third kappa shape index (κ3) is 4.68. The number of nitrogens with one attached hydrogen (secondary N) is 1. The Morgan fingerprint density at radius 3 is 2.74 bits per heavy atom. The van der Waals surface area contributed by atoms with E-state index in [0.717, 1.165) is 40.8 Å². The lowest BCUT2D eigenvalue weighted by Crippen LogP contribution is -2.14. The molecule has 8 heteroatoms. The molecule has 2 aromatic rings. The van der Waals surface area contributed by atoms with Crippen molar-refractivity contribution in [3.05, 3.63) is 46.3 Å². The minimum atomic E-state index is -2.59. The van der Waals surface area contributed by atoms with Gasteiger partial charge in [-0.3, -0.25) is 4.99 Å². The van der Waals surface area contributed by atoms with E-state index in [2.05, 4.69) is 37.8 Å². The Balaban J connectivity index is 2.09. The van der Waals surface area contributed by atoms with Crippen LogP contribution in [0.25, 0.3) is 0 Å². The van der Waals surface area contributed by atoms with Gasteiger partial charge in [-0.15, -0.1) is 0 Å². The van der Waals surface area contributed by atoms with Gasteiger partial charge in [0.1, 0.15) is 13.0 Å². The van der Waals surface area contributed by atoms with Crippen molar-refractivity contribution in [2.24, 2.45) is 10.9 Å². The van der Waals surface area contributed by atoms with Crippen LogP contribution >= 0.6 is 34.7 Å². The molecule has 1 aromatic carbocycles. The van der Waals surface area contributed by atoms with Gasteiger partial charge in [-0.2, -0.15) is 4.98 Å². The van der Waals surface area contributed by atoms with E-state index in [1.54, 1.807) is 19.5 Å². The molecule has 0 spiro atoms. The van der Waals surface area contributed by atoms with Crippen molar-refractivity contribution in [2.75, 3.05) is 18.6 Å². The number of nitrogens with zero attached hydrogens (tertiary/aromatic N) is 3. The van der Waals surface area contributed by atoms with Gasteiger partial charge in [0.25, 0.3) is 0 Å². The Morgan fingerprint density at radius 1 is 1.44 bits per heavy atom. The molecule has 0 atom stereocenters. The number of hydrogen-bond acceptors (Lipinski definition) is 5. The van der Waals surface area contributed by atoms with Crippen molar-refractivity contribution in [2.45, 2.75) is 19.8 Å². The number of hydrogen-bond donors (Lipinski definition) is 1. The monoisotopic (exact) mass is 466 g/mol. The minimum Gasteiger partial charge on any atom is -0.339 e. The van der Waals surface area contributed by atoms with Gasteiger partial charge in [-0.1, -0.05) is 6.58 Å². The molecule has 0 unspecified atom stereocenters. The second-order valence-electron chi connectivity index (χ2n) is 6.93. The molecule has 3 rings (SSSR count). The second-order valence-corrected chi connectivity index (χ2v) is 11.3. The second kappa shape index (κ2) is 7.86. The molecular weight excluding hydrogens is 447 g/mol. The van der Waals surface area contributed by atoms with Crippen LogP contribution < -0.4 is 10.6 Å². The highest BCUT2D eigenvalue weighted by Crippen LogP contribution is 2.43. The first kappa shape index (κ1) is 20.2. The summed E-state index contributed by atoms with van der Waals surface area (Å²) < 4.78 is 13.7. The van der Waals surface area contributed by atoms with Crippen LogP contribution in [0, 0.1) is 12.8 Å². The fraction of sp³-hybridized carbons (Fsp3) is 0.316. The molecule has 1 aromatic heterocycles. The van der Waals surface area contributed by atoms with Gasteiger partial charge in [0.05, 0.1) is 15.8 Å². The number of allylic oxidation sites excluding steroid dienone is 1. The summed E-state index contributed by atoms with van der Waals surface area (Å²) in [6.07, 6.45) is 5.70. The molecule has 0 saturated heterocycles. The predicted molar refractivity (Wildman–Crippen MR) is 118 cm³/mol. The topological polar surface area (TPSA) is 67.2 Å². The molecule has 1 fully saturated rings. The summed E-state index contributed by atoms with van der Waals surface area (Å²) in [5, 5.41) is 4.13. The molecule has 0 radical (unpaired) electrons. The van der Waals surface area contributed by atoms with Crippen molar-refractivity contribution in [3.63, 3.8) is 0 Å². The maximum absolute atomic E-state index is 13.1. The number of rotatable bonds is 6. The van der Waals surface area contributed by atoms with Crippen LogP contribution in [0.15, 0.2) is 40.4 Å². The van der Waals surface area contributed by atoms with Crippen LogP contribution in [-0.2, 0) is 4.57 Å². The average molecular weight is 468 g/mol. The molecule has 27 heavy (non-hydrogen) atoms. The Hall–Kier alpha value is -1.49. The molecular formula is C19H21BrClN4OP. The first-order chi connectivity index (χ1) is 12.7. The summed E-state index contributed by atoms with van der Waals surface area (Å²) >= 11 is 9.33.